The van der Waals surface area contributed by atoms with E-state index in [0.29, 0.717) is 19.6 Å². The molecule has 0 fully saturated rings. The zero-order valence-corrected chi connectivity index (χ0v) is 10.0. The minimum atomic E-state index is -0.128. The van der Waals surface area contributed by atoms with Gasteiger partial charge in [0.05, 0.1) is 13.0 Å². The van der Waals surface area contributed by atoms with Crippen molar-refractivity contribution >= 4 is 11.7 Å². The lowest BCUT2D eigenvalue weighted by molar-refractivity contribution is -0.121. The Labute approximate surface area is 105 Å². The summed E-state index contributed by atoms with van der Waals surface area (Å²) in [4.78, 5) is 11.4. The monoisotopic (exact) mass is 251 g/mol. The number of hydrogen-bond donors (Lipinski definition) is 3. The van der Waals surface area contributed by atoms with Crippen LogP contribution in [0, 0.1) is 0 Å². The number of nitrogens with two attached hydrogens (primary N) is 1. The van der Waals surface area contributed by atoms with Crippen LogP contribution in [-0.2, 0) is 4.79 Å². The molecule has 98 valence electrons. The van der Waals surface area contributed by atoms with Gasteiger partial charge in [-0.05, 0) is 12.1 Å². The Bertz CT molecular complexity index is 393. The molecule has 1 aromatic carbocycles. The van der Waals surface area contributed by atoms with Gasteiger partial charge in [-0.15, -0.1) is 0 Å². The fourth-order valence-corrected chi connectivity index (χ4v) is 1.25. The molecule has 18 heavy (non-hydrogen) atoms. The van der Waals surface area contributed by atoms with E-state index in [1.165, 1.54) is 0 Å². The molecule has 1 rings (SSSR count). The van der Waals surface area contributed by atoms with E-state index in [4.69, 9.17) is 15.7 Å². The van der Waals surface area contributed by atoms with Gasteiger partial charge in [0.15, 0.2) is 0 Å². The molecule has 0 aliphatic heterocycles. The molecule has 0 saturated heterocycles. The molecule has 0 spiro atoms. The summed E-state index contributed by atoms with van der Waals surface area (Å²) in [5.74, 6) is 0.703. The number of hydrogen-bond acceptors (Lipinski definition) is 4. The van der Waals surface area contributed by atoms with Crippen molar-refractivity contribution in [2.24, 2.45) is 10.9 Å². The van der Waals surface area contributed by atoms with Crippen LogP contribution in [-0.4, -0.2) is 30.1 Å². The predicted molar refractivity (Wildman–Crippen MR) is 67.6 cm³/mol. The van der Waals surface area contributed by atoms with Crippen LogP contribution in [0.3, 0.4) is 0 Å². The highest BCUT2D eigenvalue weighted by Gasteiger charge is 2.02. The van der Waals surface area contributed by atoms with E-state index >= 15 is 0 Å². The van der Waals surface area contributed by atoms with Crippen LogP contribution in [0.2, 0.25) is 0 Å². The van der Waals surface area contributed by atoms with E-state index in [1.807, 2.05) is 30.3 Å². The van der Waals surface area contributed by atoms with Crippen molar-refractivity contribution in [3.8, 4) is 5.75 Å². The topological polar surface area (TPSA) is 96.9 Å². The number of oxime groups is 1. The quantitative estimate of drug-likeness (QED) is 0.288. The summed E-state index contributed by atoms with van der Waals surface area (Å²) >= 11 is 0. The Morgan fingerprint density at radius 3 is 2.72 bits per heavy atom. The van der Waals surface area contributed by atoms with E-state index in [2.05, 4.69) is 10.5 Å². The van der Waals surface area contributed by atoms with Gasteiger partial charge in [0.25, 0.3) is 0 Å². The van der Waals surface area contributed by atoms with E-state index in [0.717, 1.165) is 5.75 Å². The van der Waals surface area contributed by atoms with Gasteiger partial charge < -0.3 is 21.0 Å². The number of benzene rings is 1. The number of nitrogens with zero attached hydrogens (tertiary/aromatic N) is 1. The second-order valence-corrected chi connectivity index (χ2v) is 3.60. The Morgan fingerprint density at radius 2 is 2.06 bits per heavy atom. The second kappa shape index (κ2) is 7.94. The standard InChI is InChI=1S/C12H17N3O3/c13-11(15-17)6-8-14-12(16)7-9-18-10-4-2-1-3-5-10/h1-5,17H,6-9H2,(H2,13,15)(H,14,16). The summed E-state index contributed by atoms with van der Waals surface area (Å²) < 4.78 is 5.38. The van der Waals surface area contributed by atoms with E-state index in [1.54, 1.807) is 0 Å². The lowest BCUT2D eigenvalue weighted by atomic mass is 10.3. The largest absolute Gasteiger partial charge is 0.493 e. The van der Waals surface area contributed by atoms with E-state index in [9.17, 15) is 4.79 Å². The molecule has 0 saturated carbocycles. The third-order valence-electron chi connectivity index (χ3n) is 2.17. The molecule has 0 bridgehead atoms. The third kappa shape index (κ3) is 5.74. The molecule has 0 atom stereocenters. The molecule has 1 aromatic rings. The number of para-hydroxylation sites is 1. The molecule has 6 nitrogen and oxygen atoms in total. The zero-order valence-electron chi connectivity index (χ0n) is 10.0. The molecule has 0 aliphatic rings. The van der Waals surface area contributed by atoms with Gasteiger partial charge >= 0.3 is 0 Å². The lowest BCUT2D eigenvalue weighted by Crippen LogP contribution is -2.28. The highest BCUT2D eigenvalue weighted by molar-refractivity contribution is 5.81. The summed E-state index contributed by atoms with van der Waals surface area (Å²) in [6, 6.07) is 9.29. The van der Waals surface area contributed by atoms with Crippen molar-refractivity contribution in [2.75, 3.05) is 13.2 Å². The first-order valence-electron chi connectivity index (χ1n) is 5.63. The maximum Gasteiger partial charge on any atom is 0.223 e. The lowest BCUT2D eigenvalue weighted by Gasteiger charge is -2.06. The smallest absolute Gasteiger partial charge is 0.223 e. The van der Waals surface area contributed by atoms with Crippen molar-refractivity contribution in [1.82, 2.24) is 5.32 Å². The van der Waals surface area contributed by atoms with Crippen molar-refractivity contribution in [3.05, 3.63) is 30.3 Å². The number of rotatable bonds is 7. The number of carbonyl (C=O) groups is 1. The molecular formula is C12H17N3O3. The molecule has 0 heterocycles. The van der Waals surface area contributed by atoms with E-state index < -0.39 is 0 Å². The van der Waals surface area contributed by atoms with Gasteiger partial charge in [0.2, 0.25) is 5.91 Å². The minimum Gasteiger partial charge on any atom is -0.493 e. The molecule has 0 aromatic heterocycles. The van der Waals surface area contributed by atoms with E-state index in [-0.39, 0.29) is 18.2 Å². The Kier molecular flexibility index (Phi) is 6.10. The first-order chi connectivity index (χ1) is 8.72. The van der Waals surface area contributed by atoms with Gasteiger partial charge in [-0.2, -0.15) is 0 Å². The SMILES string of the molecule is NC(CCNC(=O)CCOc1ccccc1)=NO. The summed E-state index contributed by atoms with van der Waals surface area (Å²) in [6.07, 6.45) is 0.590. The van der Waals surface area contributed by atoms with Crippen LogP contribution < -0.4 is 15.8 Å². The van der Waals surface area contributed by atoms with Crippen LogP contribution in [0.25, 0.3) is 0 Å². The molecule has 6 heteroatoms. The maximum absolute atomic E-state index is 11.4. The number of nitrogens with one attached hydrogen (secondary N) is 1. The van der Waals surface area contributed by atoms with Crippen molar-refractivity contribution in [2.45, 2.75) is 12.8 Å². The van der Waals surface area contributed by atoms with Gasteiger partial charge in [-0.1, -0.05) is 23.4 Å². The van der Waals surface area contributed by atoms with Gasteiger partial charge in [0.1, 0.15) is 11.6 Å². The fourth-order valence-electron chi connectivity index (χ4n) is 1.25. The van der Waals surface area contributed by atoms with Crippen LogP contribution in [0.4, 0.5) is 0 Å². The van der Waals surface area contributed by atoms with Crippen molar-refractivity contribution in [3.63, 3.8) is 0 Å². The minimum absolute atomic E-state index is 0.0934. The molecule has 0 unspecified atom stereocenters. The van der Waals surface area contributed by atoms with Crippen LogP contribution in [0.5, 0.6) is 5.75 Å². The first kappa shape index (κ1) is 13.8. The number of ether oxygens (including phenoxy) is 1. The van der Waals surface area contributed by atoms with Crippen LogP contribution in [0.1, 0.15) is 12.8 Å². The molecule has 1 amide bonds. The van der Waals surface area contributed by atoms with Crippen molar-refractivity contribution < 1.29 is 14.7 Å². The van der Waals surface area contributed by atoms with Crippen LogP contribution in [0.15, 0.2) is 35.5 Å². The maximum atomic E-state index is 11.4. The molecule has 0 radical (unpaired) electrons. The second-order valence-electron chi connectivity index (χ2n) is 3.60. The molecule has 0 aliphatic carbocycles. The predicted octanol–water partition coefficient (Wildman–Crippen LogP) is 0.708. The molecular weight excluding hydrogens is 234 g/mol. The Morgan fingerprint density at radius 1 is 1.33 bits per heavy atom. The Balaban J connectivity index is 2.10. The average molecular weight is 251 g/mol. The fraction of sp³-hybridized carbons (Fsp3) is 0.333. The van der Waals surface area contributed by atoms with Gasteiger partial charge in [-0.3, -0.25) is 4.79 Å². The van der Waals surface area contributed by atoms with Crippen molar-refractivity contribution in [1.29, 1.82) is 0 Å². The zero-order chi connectivity index (χ0) is 13.2. The Hall–Kier alpha value is -2.24. The molecule has 4 N–H and O–H groups in total. The number of carbonyl (C=O) groups excluding carboxylic acids is 1. The normalized spacial score (nSPS) is 11.0. The van der Waals surface area contributed by atoms with Crippen LogP contribution >= 0.6 is 0 Å². The highest BCUT2D eigenvalue weighted by atomic mass is 16.5. The first-order valence-corrected chi connectivity index (χ1v) is 5.63. The third-order valence-corrected chi connectivity index (χ3v) is 2.17. The van der Waals surface area contributed by atoms with Gasteiger partial charge in [-0.25, -0.2) is 0 Å². The van der Waals surface area contributed by atoms with Gasteiger partial charge in [0, 0.05) is 13.0 Å². The summed E-state index contributed by atoms with van der Waals surface area (Å²) in [5.41, 5.74) is 5.26. The summed E-state index contributed by atoms with van der Waals surface area (Å²) in [5, 5.41) is 13.7. The summed E-state index contributed by atoms with van der Waals surface area (Å²) in [7, 11) is 0. The number of amidine groups is 1. The number of amides is 1. The summed E-state index contributed by atoms with van der Waals surface area (Å²) in [6.45, 7) is 0.666. The highest BCUT2D eigenvalue weighted by Crippen LogP contribution is 2.08. The average Bonchev–Trinajstić information content (AvgIpc) is 2.39.